The number of rotatable bonds is 0. The molecule has 0 heterocycles. The van der Waals surface area contributed by atoms with E-state index in [1.807, 2.05) is 0 Å². The van der Waals surface area contributed by atoms with E-state index in [-0.39, 0.29) is 43.3 Å². The van der Waals surface area contributed by atoms with E-state index in [4.69, 9.17) is 29.5 Å². The molecule has 12 heteroatoms. The van der Waals surface area contributed by atoms with Crippen LogP contribution in [-0.4, -0.2) is 29.5 Å². The second kappa shape index (κ2) is 10.0. The minimum absolute atomic E-state index is 0. The molecule has 0 atom stereocenters. The average Bonchev–Trinajstić information content (AvgIpc) is 1.12. The molecule has 8 nitrogen and oxygen atoms in total. The Morgan fingerprint density at radius 1 is 0.500 bits per heavy atom. The van der Waals surface area contributed by atoms with Crippen LogP contribution in [0.3, 0.4) is 0 Å². The Morgan fingerprint density at radius 3 is 0.500 bits per heavy atom. The second-order valence-electron chi connectivity index (χ2n) is 1.20. The van der Waals surface area contributed by atoms with Crippen molar-refractivity contribution in [2.45, 2.75) is 0 Å². The first kappa shape index (κ1) is 24.0. The van der Waals surface area contributed by atoms with Crippen LogP contribution < -0.4 is 0 Å². The van der Waals surface area contributed by atoms with Gasteiger partial charge in [0.2, 0.25) is 0 Å². The molecule has 0 fully saturated rings. The largest absolute Gasteiger partial charge is 0 e. The fraction of sp³-hybridized carbons (Fsp3) is 0. The molecular weight excluding hydrogens is 371 g/mol. The third kappa shape index (κ3) is 263. The molecule has 0 amide bonds. The first-order valence-corrected chi connectivity index (χ1v) is 7.38. The van der Waals surface area contributed by atoms with Gasteiger partial charge >= 0.3 is 65.8 Å². The molecule has 0 aromatic rings. The van der Waals surface area contributed by atoms with E-state index in [2.05, 4.69) is 0 Å². The summed E-state index contributed by atoms with van der Waals surface area (Å²) in [6.45, 7) is 0. The molecule has 76 valence electrons. The van der Waals surface area contributed by atoms with Crippen molar-refractivity contribution in [3.63, 3.8) is 0 Å². The van der Waals surface area contributed by atoms with Gasteiger partial charge in [-0.25, -0.2) is 0 Å². The maximum atomic E-state index is 7.38. The topological polar surface area (TPSA) is 162 Å². The summed E-state index contributed by atoms with van der Waals surface area (Å²) < 4.78 is 59.0. The quantitative estimate of drug-likeness (QED) is 0.196. The van der Waals surface area contributed by atoms with Crippen LogP contribution in [0.15, 0.2) is 0 Å². The zero-order valence-corrected chi connectivity index (χ0v) is 12.1. The molecule has 0 aromatic carbocycles. The van der Waals surface area contributed by atoms with Crippen molar-refractivity contribution < 1.29 is 109 Å². The zero-order valence-electron chi connectivity index (χ0n) is 5.43. The Morgan fingerprint density at radius 2 is 0.500 bits per heavy atom. The van der Waals surface area contributed by atoms with Gasteiger partial charge in [0.05, 0.1) is 0 Å². The maximum Gasteiger partial charge on any atom is 0 e. The molecule has 0 saturated carbocycles. The van der Waals surface area contributed by atoms with Crippen LogP contribution in [0, 0.1) is 0 Å². The van der Waals surface area contributed by atoms with Crippen molar-refractivity contribution in [1.29, 1.82) is 0 Å². The summed E-state index contributed by atoms with van der Waals surface area (Å²) in [7, 11) is 0. The van der Waals surface area contributed by atoms with E-state index in [0.29, 0.717) is 0 Å². The summed E-state index contributed by atoms with van der Waals surface area (Å²) in [5.74, 6) is 0. The Bertz CT molecular complexity index is 60.0. The predicted molar refractivity (Wildman–Crippen MR) is 17.8 cm³/mol. The molecule has 8 N–H and O–H groups in total. The summed E-state index contributed by atoms with van der Waals surface area (Å²) in [6.07, 6.45) is 0. The van der Waals surface area contributed by atoms with Crippen molar-refractivity contribution in [2.24, 2.45) is 0 Å². The molecule has 0 rings (SSSR count). The van der Waals surface area contributed by atoms with Gasteiger partial charge < -0.3 is 0 Å². The molecule has 0 aliphatic carbocycles. The van der Waals surface area contributed by atoms with E-state index >= 15 is 0 Å². The van der Waals surface area contributed by atoms with Gasteiger partial charge in [-0.1, -0.05) is 0 Å². The minimum Gasteiger partial charge on any atom is 0 e. The standard InChI is InChI=1S/Fe.8H2O.2Ti.Zr/h;8*1H2;;;/q;;;;;;;;;2*+4;/p-8. The van der Waals surface area contributed by atoms with E-state index < -0.39 is 36.3 Å². The summed E-state index contributed by atoms with van der Waals surface area (Å²) in [6, 6.07) is 0. The van der Waals surface area contributed by atoms with Crippen molar-refractivity contribution in [2.75, 3.05) is 0 Å². The van der Waals surface area contributed by atoms with Gasteiger partial charge in [0.1, 0.15) is 0 Å². The SMILES string of the molecule is [Fe].[OH][Ti]([OH])([OH])[OH].[OH][Ti]([OH])([OH])[OH].[Zr]. The van der Waals surface area contributed by atoms with Gasteiger partial charge in [-0.05, 0) is 0 Å². The number of hydrogen-bond donors (Lipinski definition) is 8. The molecule has 0 aliphatic rings. The van der Waals surface area contributed by atoms with E-state index in [1.54, 1.807) is 0 Å². The molecular formula is H8FeO8Ti2Zr. The molecule has 0 aromatic heterocycles. The second-order valence-corrected chi connectivity index (χ2v) is 4.95. The Balaban J connectivity index is -0.0000000457. The van der Waals surface area contributed by atoms with Crippen molar-refractivity contribution in [3.8, 4) is 0 Å². The summed E-state index contributed by atoms with van der Waals surface area (Å²) in [5.41, 5.74) is 0. The average molecular weight is 379 g/mol. The van der Waals surface area contributed by atoms with Crippen LogP contribution in [0.1, 0.15) is 0 Å². The van der Waals surface area contributed by atoms with E-state index in [1.165, 1.54) is 0 Å². The van der Waals surface area contributed by atoms with Gasteiger partial charge in [0, 0.05) is 43.3 Å². The minimum atomic E-state index is -5.00. The van der Waals surface area contributed by atoms with Gasteiger partial charge in [-0.15, -0.1) is 0 Å². The molecule has 0 aliphatic heterocycles. The monoisotopic (exact) mass is 378 g/mol. The zero-order chi connectivity index (χ0) is 9.00. The molecule has 12 heavy (non-hydrogen) atoms. The van der Waals surface area contributed by atoms with Crippen molar-refractivity contribution in [3.05, 3.63) is 0 Å². The van der Waals surface area contributed by atoms with Gasteiger partial charge in [-0.2, -0.15) is 0 Å². The predicted octanol–water partition coefficient (Wildman–Crippen LogP) is -4.47. The first-order chi connectivity index (χ1) is 4.00. The molecule has 0 radical (unpaired) electrons. The van der Waals surface area contributed by atoms with Crippen LogP contribution in [0.5, 0.6) is 0 Å². The third-order valence-corrected chi connectivity index (χ3v) is 0. The van der Waals surface area contributed by atoms with Gasteiger partial charge in [0.25, 0.3) is 0 Å². The van der Waals surface area contributed by atoms with E-state index in [0.717, 1.165) is 0 Å². The van der Waals surface area contributed by atoms with Crippen LogP contribution in [0.4, 0.5) is 0 Å². The van der Waals surface area contributed by atoms with Crippen LogP contribution in [0.25, 0.3) is 0 Å². The fourth-order valence-corrected chi connectivity index (χ4v) is 0. The summed E-state index contributed by atoms with van der Waals surface area (Å²) in [5, 5.41) is 0. The number of hydrogen-bond acceptors (Lipinski definition) is 8. The maximum absolute atomic E-state index is 7.38. The normalized spacial score (nSPS) is 10.0. The summed E-state index contributed by atoms with van der Waals surface area (Å²) >= 11 is -10.0. The molecule has 0 saturated heterocycles. The van der Waals surface area contributed by atoms with E-state index in [9.17, 15) is 0 Å². The Kier molecular flexibility index (Phi) is 20.1. The molecule has 0 spiro atoms. The first-order valence-electron chi connectivity index (χ1n) is 1.79. The Labute approximate surface area is 108 Å². The van der Waals surface area contributed by atoms with Crippen LogP contribution in [0.2, 0.25) is 0 Å². The van der Waals surface area contributed by atoms with Crippen LogP contribution in [-0.2, 0) is 79.6 Å². The van der Waals surface area contributed by atoms with Gasteiger partial charge in [0.15, 0.2) is 0 Å². The fourth-order valence-electron chi connectivity index (χ4n) is 0. The van der Waals surface area contributed by atoms with Gasteiger partial charge in [-0.3, -0.25) is 0 Å². The van der Waals surface area contributed by atoms with Crippen molar-refractivity contribution in [1.82, 2.24) is 0 Å². The smallest absolute Gasteiger partial charge is 0 e. The van der Waals surface area contributed by atoms with Crippen LogP contribution >= 0.6 is 0 Å². The Hall–Kier alpha value is 2.51. The van der Waals surface area contributed by atoms with Crippen molar-refractivity contribution >= 4 is 0 Å². The third-order valence-electron chi connectivity index (χ3n) is 0. The molecule has 0 bridgehead atoms. The molecule has 0 unspecified atom stereocenters. The summed E-state index contributed by atoms with van der Waals surface area (Å²) in [4.78, 5) is 0.